The van der Waals surface area contributed by atoms with Gasteiger partial charge < -0.3 is 25.0 Å². The molecule has 0 radical (unpaired) electrons. The third-order valence-electron chi connectivity index (χ3n) is 4.11. The molecule has 0 fully saturated rings. The van der Waals surface area contributed by atoms with Gasteiger partial charge in [-0.15, -0.1) is 0 Å². The molecule has 28 heavy (non-hydrogen) atoms. The Morgan fingerprint density at radius 2 is 1.68 bits per heavy atom. The minimum absolute atomic E-state index is 0.0202. The summed E-state index contributed by atoms with van der Waals surface area (Å²) < 4.78 is 9.84. The number of amides is 3. The molecule has 0 saturated heterocycles. The SMILES string of the molecule is COC(=O)Nc1cccc(NC(=O)NCC(c2cccc(OC)c2)N(C)C)c1. The van der Waals surface area contributed by atoms with Crippen molar-refractivity contribution in [2.45, 2.75) is 6.04 Å². The fraction of sp³-hybridized carbons (Fsp3) is 0.300. The summed E-state index contributed by atoms with van der Waals surface area (Å²) in [5.41, 5.74) is 2.11. The number of methoxy groups -OCH3 is 2. The minimum Gasteiger partial charge on any atom is -0.497 e. The lowest BCUT2D eigenvalue weighted by atomic mass is 10.1. The van der Waals surface area contributed by atoms with Crippen LogP contribution < -0.4 is 20.7 Å². The van der Waals surface area contributed by atoms with Gasteiger partial charge in [0.05, 0.1) is 20.3 Å². The van der Waals surface area contributed by atoms with Crippen molar-refractivity contribution in [3.63, 3.8) is 0 Å². The number of hydrogen-bond donors (Lipinski definition) is 3. The Kier molecular flexibility index (Phi) is 7.65. The highest BCUT2D eigenvalue weighted by Gasteiger charge is 2.16. The highest BCUT2D eigenvalue weighted by molar-refractivity contribution is 5.91. The Bertz CT molecular complexity index is 810. The van der Waals surface area contributed by atoms with Crippen molar-refractivity contribution in [3.8, 4) is 5.75 Å². The van der Waals surface area contributed by atoms with E-state index in [1.165, 1.54) is 7.11 Å². The standard InChI is InChI=1S/C20H26N4O4/c1-24(2)18(14-7-5-10-17(11-14)27-3)13-21-19(25)22-15-8-6-9-16(12-15)23-20(26)28-4/h5-12,18H,13H2,1-4H3,(H,23,26)(H2,21,22,25). The van der Waals surface area contributed by atoms with Crippen LogP contribution in [0.4, 0.5) is 21.0 Å². The van der Waals surface area contributed by atoms with Crippen LogP contribution in [-0.2, 0) is 4.74 Å². The van der Waals surface area contributed by atoms with Crippen LogP contribution in [0, 0.1) is 0 Å². The van der Waals surface area contributed by atoms with Gasteiger partial charge in [0.2, 0.25) is 0 Å². The van der Waals surface area contributed by atoms with Crippen molar-refractivity contribution in [2.75, 3.05) is 45.5 Å². The highest BCUT2D eigenvalue weighted by Crippen LogP contribution is 2.22. The van der Waals surface area contributed by atoms with Crippen LogP contribution in [0.2, 0.25) is 0 Å². The molecule has 0 aliphatic heterocycles. The number of carbonyl (C=O) groups is 2. The number of rotatable bonds is 7. The van der Waals surface area contributed by atoms with Crippen LogP contribution in [-0.4, -0.2) is 51.9 Å². The molecule has 2 rings (SSSR count). The zero-order valence-corrected chi connectivity index (χ0v) is 16.5. The summed E-state index contributed by atoms with van der Waals surface area (Å²) in [6, 6.07) is 14.2. The van der Waals surface area contributed by atoms with Gasteiger partial charge >= 0.3 is 12.1 Å². The van der Waals surface area contributed by atoms with E-state index in [9.17, 15) is 9.59 Å². The lowest BCUT2D eigenvalue weighted by molar-refractivity contribution is 0.187. The molecule has 8 nitrogen and oxygen atoms in total. The smallest absolute Gasteiger partial charge is 0.411 e. The summed E-state index contributed by atoms with van der Waals surface area (Å²) in [5, 5.41) is 8.18. The van der Waals surface area contributed by atoms with E-state index < -0.39 is 6.09 Å². The molecule has 0 aromatic heterocycles. The Morgan fingerprint density at radius 3 is 2.32 bits per heavy atom. The van der Waals surface area contributed by atoms with Crippen LogP contribution in [0.5, 0.6) is 5.75 Å². The average molecular weight is 386 g/mol. The Morgan fingerprint density at radius 1 is 1.00 bits per heavy atom. The third-order valence-corrected chi connectivity index (χ3v) is 4.11. The van der Waals surface area contributed by atoms with Gasteiger partial charge in [0.1, 0.15) is 5.75 Å². The second kappa shape index (κ2) is 10.2. The molecule has 0 bridgehead atoms. The van der Waals surface area contributed by atoms with Crippen molar-refractivity contribution in [2.24, 2.45) is 0 Å². The number of ether oxygens (including phenoxy) is 2. The predicted molar refractivity (Wildman–Crippen MR) is 109 cm³/mol. The van der Waals surface area contributed by atoms with Gasteiger partial charge in [-0.05, 0) is 50.0 Å². The van der Waals surface area contributed by atoms with E-state index in [1.807, 2.05) is 43.3 Å². The number of carbonyl (C=O) groups excluding carboxylic acids is 2. The monoisotopic (exact) mass is 386 g/mol. The summed E-state index contributed by atoms with van der Waals surface area (Å²) in [7, 11) is 6.81. The minimum atomic E-state index is -0.575. The lowest BCUT2D eigenvalue weighted by Gasteiger charge is -2.25. The molecule has 0 spiro atoms. The van der Waals surface area contributed by atoms with Gasteiger partial charge in [-0.2, -0.15) is 0 Å². The van der Waals surface area contributed by atoms with Crippen LogP contribution in [0.1, 0.15) is 11.6 Å². The summed E-state index contributed by atoms with van der Waals surface area (Å²) >= 11 is 0. The third kappa shape index (κ3) is 6.17. The maximum absolute atomic E-state index is 12.3. The first-order chi connectivity index (χ1) is 13.4. The van der Waals surface area contributed by atoms with E-state index in [1.54, 1.807) is 31.4 Å². The molecule has 3 amide bonds. The van der Waals surface area contributed by atoms with Crippen molar-refractivity contribution < 1.29 is 19.1 Å². The molecule has 1 unspecified atom stereocenters. The van der Waals surface area contributed by atoms with Gasteiger partial charge in [-0.1, -0.05) is 18.2 Å². The van der Waals surface area contributed by atoms with Crippen LogP contribution in [0.25, 0.3) is 0 Å². The molecule has 0 aliphatic carbocycles. The van der Waals surface area contributed by atoms with Crippen LogP contribution in [0.3, 0.4) is 0 Å². The van der Waals surface area contributed by atoms with E-state index in [2.05, 4.69) is 20.7 Å². The molecule has 0 aliphatic rings. The van der Waals surface area contributed by atoms with E-state index in [0.29, 0.717) is 17.9 Å². The fourth-order valence-electron chi connectivity index (χ4n) is 2.66. The van der Waals surface area contributed by atoms with Crippen molar-refractivity contribution in [3.05, 3.63) is 54.1 Å². The second-order valence-electron chi connectivity index (χ2n) is 6.29. The van der Waals surface area contributed by atoms with Gasteiger partial charge in [-0.25, -0.2) is 9.59 Å². The molecule has 0 heterocycles. The molecular formula is C20H26N4O4. The molecular weight excluding hydrogens is 360 g/mol. The Labute approximate surface area is 164 Å². The van der Waals surface area contributed by atoms with E-state index in [4.69, 9.17) is 4.74 Å². The molecule has 3 N–H and O–H groups in total. The number of anilines is 2. The topological polar surface area (TPSA) is 91.9 Å². The highest BCUT2D eigenvalue weighted by atomic mass is 16.5. The zero-order chi connectivity index (χ0) is 20.5. The quantitative estimate of drug-likeness (QED) is 0.679. The van der Waals surface area contributed by atoms with Gasteiger partial charge in [0.15, 0.2) is 0 Å². The molecule has 1 atom stereocenters. The number of hydrogen-bond acceptors (Lipinski definition) is 5. The molecule has 2 aromatic carbocycles. The number of nitrogens with one attached hydrogen (secondary N) is 3. The van der Waals surface area contributed by atoms with E-state index in [0.717, 1.165) is 11.3 Å². The van der Waals surface area contributed by atoms with Gasteiger partial charge in [0, 0.05) is 17.9 Å². The van der Waals surface area contributed by atoms with Crippen molar-refractivity contribution >= 4 is 23.5 Å². The van der Waals surface area contributed by atoms with Gasteiger partial charge in [-0.3, -0.25) is 5.32 Å². The maximum Gasteiger partial charge on any atom is 0.411 e. The number of urea groups is 1. The van der Waals surface area contributed by atoms with Crippen molar-refractivity contribution in [1.29, 1.82) is 0 Å². The summed E-state index contributed by atoms with van der Waals surface area (Å²) in [6.07, 6.45) is -0.575. The Balaban J connectivity index is 1.98. The largest absolute Gasteiger partial charge is 0.497 e. The summed E-state index contributed by atoms with van der Waals surface area (Å²) in [4.78, 5) is 25.6. The normalized spacial score (nSPS) is 11.5. The van der Waals surface area contributed by atoms with E-state index >= 15 is 0 Å². The van der Waals surface area contributed by atoms with E-state index in [-0.39, 0.29) is 12.1 Å². The number of benzene rings is 2. The second-order valence-corrected chi connectivity index (χ2v) is 6.29. The average Bonchev–Trinajstić information content (AvgIpc) is 2.68. The first-order valence-corrected chi connectivity index (χ1v) is 8.73. The fourth-order valence-corrected chi connectivity index (χ4v) is 2.66. The van der Waals surface area contributed by atoms with Crippen LogP contribution >= 0.6 is 0 Å². The molecule has 0 saturated carbocycles. The first kappa shape index (κ1) is 21.0. The number of nitrogens with zero attached hydrogens (tertiary/aromatic N) is 1. The molecule has 150 valence electrons. The molecule has 2 aromatic rings. The molecule has 8 heteroatoms. The first-order valence-electron chi connectivity index (χ1n) is 8.73. The van der Waals surface area contributed by atoms with Crippen LogP contribution in [0.15, 0.2) is 48.5 Å². The maximum atomic E-state index is 12.3. The summed E-state index contributed by atoms with van der Waals surface area (Å²) in [6.45, 7) is 0.409. The van der Waals surface area contributed by atoms with Gasteiger partial charge in [0.25, 0.3) is 0 Å². The van der Waals surface area contributed by atoms with Crippen molar-refractivity contribution in [1.82, 2.24) is 10.2 Å². The predicted octanol–water partition coefficient (Wildman–Crippen LogP) is 3.30. The zero-order valence-electron chi connectivity index (χ0n) is 16.5. The Hall–Kier alpha value is -3.26. The summed E-state index contributed by atoms with van der Waals surface area (Å²) in [5.74, 6) is 0.767. The number of likely N-dealkylation sites (N-methyl/N-ethyl adjacent to an activating group) is 1. The lowest BCUT2D eigenvalue weighted by Crippen LogP contribution is -2.36.